The van der Waals surface area contributed by atoms with Crippen molar-refractivity contribution in [1.82, 2.24) is 5.32 Å². The number of nitrogens with one attached hydrogen (secondary N) is 1. The van der Waals surface area contributed by atoms with Crippen molar-refractivity contribution >= 4 is 37.6 Å². The maximum absolute atomic E-state index is 11.8. The molecule has 132 valence electrons. The molecule has 0 spiro atoms. The first-order chi connectivity index (χ1) is 11.2. The third-order valence-electron chi connectivity index (χ3n) is 3.89. The summed E-state index contributed by atoms with van der Waals surface area (Å²) < 4.78 is 28.6. The smallest absolute Gasteiger partial charge is 0.306 e. The molecule has 24 heavy (non-hydrogen) atoms. The van der Waals surface area contributed by atoms with Crippen molar-refractivity contribution in [2.75, 3.05) is 18.1 Å². The lowest BCUT2D eigenvalue weighted by atomic mass is 10.1. The van der Waals surface area contributed by atoms with Gasteiger partial charge in [-0.25, -0.2) is 8.42 Å². The molecule has 1 amide bonds. The molecule has 0 saturated carbocycles. The van der Waals surface area contributed by atoms with E-state index in [4.69, 9.17) is 4.74 Å². The van der Waals surface area contributed by atoms with Crippen molar-refractivity contribution in [3.63, 3.8) is 0 Å². The Morgan fingerprint density at radius 3 is 2.58 bits per heavy atom. The number of hydrogen-bond acceptors (Lipinski definition) is 5. The topological polar surface area (TPSA) is 89.5 Å². The molecule has 1 aliphatic rings. The lowest BCUT2D eigenvalue weighted by Crippen LogP contribution is -2.31. The number of amides is 1. The van der Waals surface area contributed by atoms with Gasteiger partial charge in [-0.15, -0.1) is 0 Å². The number of ether oxygens (including phenoxy) is 1. The molecule has 0 aromatic heterocycles. The molecule has 6 nitrogen and oxygen atoms in total. The Labute approximate surface area is 150 Å². The van der Waals surface area contributed by atoms with Gasteiger partial charge in [0.2, 0.25) is 0 Å². The van der Waals surface area contributed by atoms with Gasteiger partial charge in [-0.05, 0) is 37.0 Å². The van der Waals surface area contributed by atoms with Crippen LogP contribution in [0.25, 0.3) is 0 Å². The maximum atomic E-state index is 11.8. The third kappa shape index (κ3) is 5.90. The Morgan fingerprint density at radius 2 is 2.00 bits per heavy atom. The minimum atomic E-state index is -3.01. The van der Waals surface area contributed by atoms with Crippen molar-refractivity contribution < 1.29 is 22.7 Å². The number of hydrogen-bond donors (Lipinski definition) is 1. The predicted molar refractivity (Wildman–Crippen MR) is 93.0 cm³/mol. The highest BCUT2D eigenvalue weighted by Crippen LogP contribution is 2.22. The van der Waals surface area contributed by atoms with Crippen LogP contribution < -0.4 is 5.32 Å². The summed E-state index contributed by atoms with van der Waals surface area (Å²) in [6.07, 6.45) is 0.513. The molecule has 2 atom stereocenters. The van der Waals surface area contributed by atoms with Crippen molar-refractivity contribution in [2.24, 2.45) is 5.92 Å². The van der Waals surface area contributed by atoms with Crippen molar-refractivity contribution in [2.45, 2.75) is 25.8 Å². The highest BCUT2D eigenvalue weighted by Gasteiger charge is 2.30. The molecule has 8 heteroatoms. The zero-order valence-electron chi connectivity index (χ0n) is 13.3. The Bertz CT molecular complexity index is 702. The molecular weight excluding hydrogens is 398 g/mol. The molecule has 1 saturated heterocycles. The van der Waals surface area contributed by atoms with Gasteiger partial charge >= 0.3 is 5.97 Å². The average molecular weight is 418 g/mol. The number of benzene rings is 1. The molecule has 1 N–H and O–H groups in total. The van der Waals surface area contributed by atoms with E-state index in [1.165, 1.54) is 0 Å². The van der Waals surface area contributed by atoms with Crippen LogP contribution in [0, 0.1) is 5.92 Å². The van der Waals surface area contributed by atoms with Crippen LogP contribution in [0.1, 0.15) is 31.4 Å². The largest absolute Gasteiger partial charge is 0.456 e. The fraction of sp³-hybridized carbons (Fsp3) is 0.500. The van der Waals surface area contributed by atoms with Crippen LogP contribution in [-0.2, 0) is 24.2 Å². The predicted octanol–water partition coefficient (Wildman–Crippen LogP) is 1.99. The summed E-state index contributed by atoms with van der Waals surface area (Å²) in [6, 6.07) is 7.34. The summed E-state index contributed by atoms with van der Waals surface area (Å²) in [7, 11) is -3.01. The zero-order valence-corrected chi connectivity index (χ0v) is 15.7. The second-order valence-corrected chi connectivity index (χ2v) is 9.12. The number of carbonyl (C=O) groups excluding carboxylic acids is 2. The quantitative estimate of drug-likeness (QED) is 0.714. The summed E-state index contributed by atoms with van der Waals surface area (Å²) in [5.41, 5.74) is 0.939. The highest BCUT2D eigenvalue weighted by atomic mass is 79.9. The number of halogens is 1. The Hall–Kier alpha value is -1.41. The van der Waals surface area contributed by atoms with E-state index in [0.29, 0.717) is 6.42 Å². The normalized spacial score (nSPS) is 20.3. The Balaban J connectivity index is 1.72. The summed E-state index contributed by atoms with van der Waals surface area (Å²) in [4.78, 5) is 23.6. The summed E-state index contributed by atoms with van der Waals surface area (Å²) in [5, 5.41) is 2.75. The summed E-state index contributed by atoms with van der Waals surface area (Å²) >= 11 is 3.35. The van der Waals surface area contributed by atoms with Gasteiger partial charge in [0.25, 0.3) is 5.91 Å². The van der Waals surface area contributed by atoms with E-state index < -0.39 is 21.7 Å². The molecule has 0 unspecified atom stereocenters. The van der Waals surface area contributed by atoms with Gasteiger partial charge in [-0.2, -0.15) is 0 Å². The van der Waals surface area contributed by atoms with E-state index in [1.54, 1.807) is 0 Å². The van der Waals surface area contributed by atoms with Crippen molar-refractivity contribution in [3.8, 4) is 0 Å². The van der Waals surface area contributed by atoms with E-state index in [2.05, 4.69) is 21.2 Å². The molecule has 0 bridgehead atoms. The Kier molecular flexibility index (Phi) is 6.40. The molecule has 1 aromatic rings. The lowest BCUT2D eigenvalue weighted by molar-refractivity contribution is -0.149. The van der Waals surface area contributed by atoms with Crippen LogP contribution in [0.2, 0.25) is 0 Å². The number of esters is 1. The third-order valence-corrected chi connectivity index (χ3v) is 6.26. The fourth-order valence-corrected chi connectivity index (χ4v) is 4.72. The van der Waals surface area contributed by atoms with E-state index in [9.17, 15) is 18.0 Å². The Morgan fingerprint density at radius 1 is 1.33 bits per heavy atom. The van der Waals surface area contributed by atoms with E-state index in [1.807, 2.05) is 31.2 Å². The minimum Gasteiger partial charge on any atom is -0.456 e. The van der Waals surface area contributed by atoms with Gasteiger partial charge in [-0.1, -0.05) is 28.1 Å². The van der Waals surface area contributed by atoms with Crippen LogP contribution in [0.4, 0.5) is 0 Å². The first kappa shape index (κ1) is 18.9. The molecule has 0 radical (unpaired) electrons. The standard InChI is InChI=1S/C16H20BrNO5S/c1-11(13-2-4-14(17)5-3-13)18-15(19)9-23-16(20)8-12-6-7-24(21,22)10-12/h2-5,11-12H,6-10H2,1H3,(H,18,19)/t11-,12+/m1/s1. The molecule has 0 aliphatic carbocycles. The van der Waals surface area contributed by atoms with E-state index in [-0.39, 0.29) is 36.5 Å². The summed E-state index contributed by atoms with van der Waals surface area (Å²) in [5.74, 6) is -0.987. The van der Waals surface area contributed by atoms with Crippen LogP contribution in [0.3, 0.4) is 0 Å². The van der Waals surface area contributed by atoms with Gasteiger partial charge in [0.1, 0.15) is 0 Å². The molecule has 2 rings (SSSR count). The SMILES string of the molecule is C[C@@H](NC(=O)COC(=O)C[C@@H]1CCS(=O)(=O)C1)c1ccc(Br)cc1. The first-order valence-electron chi connectivity index (χ1n) is 7.66. The van der Waals surface area contributed by atoms with E-state index in [0.717, 1.165) is 10.0 Å². The monoisotopic (exact) mass is 417 g/mol. The second-order valence-electron chi connectivity index (χ2n) is 5.97. The fourth-order valence-electron chi connectivity index (χ4n) is 2.59. The first-order valence-corrected chi connectivity index (χ1v) is 10.3. The van der Waals surface area contributed by atoms with Crippen LogP contribution in [-0.4, -0.2) is 38.4 Å². The lowest BCUT2D eigenvalue weighted by Gasteiger charge is -2.15. The second kappa shape index (κ2) is 8.11. The number of carbonyl (C=O) groups is 2. The molecule has 1 aliphatic heterocycles. The highest BCUT2D eigenvalue weighted by molar-refractivity contribution is 9.10. The maximum Gasteiger partial charge on any atom is 0.306 e. The van der Waals surface area contributed by atoms with Gasteiger partial charge < -0.3 is 10.1 Å². The van der Waals surface area contributed by atoms with Crippen LogP contribution >= 0.6 is 15.9 Å². The zero-order chi connectivity index (χ0) is 17.7. The average Bonchev–Trinajstić information content (AvgIpc) is 2.84. The van der Waals surface area contributed by atoms with Crippen molar-refractivity contribution in [1.29, 1.82) is 0 Å². The number of rotatable bonds is 6. The molecule has 1 fully saturated rings. The summed E-state index contributed by atoms with van der Waals surface area (Å²) in [6.45, 7) is 1.48. The molecular formula is C16H20BrNO5S. The van der Waals surface area contributed by atoms with Crippen LogP contribution in [0.15, 0.2) is 28.7 Å². The van der Waals surface area contributed by atoms with Gasteiger partial charge in [0.15, 0.2) is 16.4 Å². The molecule has 1 aromatic carbocycles. The number of sulfone groups is 1. The van der Waals surface area contributed by atoms with Gasteiger partial charge in [0.05, 0.1) is 17.5 Å². The minimum absolute atomic E-state index is 0.0227. The van der Waals surface area contributed by atoms with E-state index >= 15 is 0 Å². The van der Waals surface area contributed by atoms with Crippen molar-refractivity contribution in [3.05, 3.63) is 34.3 Å². The van der Waals surface area contributed by atoms with Gasteiger partial charge in [-0.3, -0.25) is 9.59 Å². The molecule has 1 heterocycles. The van der Waals surface area contributed by atoms with Gasteiger partial charge in [0, 0.05) is 10.9 Å². The van der Waals surface area contributed by atoms with Crippen LogP contribution in [0.5, 0.6) is 0 Å².